The summed E-state index contributed by atoms with van der Waals surface area (Å²) in [5, 5.41) is 0. The number of carbonyl (C=O) groups is 1. The molecule has 4 nitrogen and oxygen atoms in total. The third-order valence-corrected chi connectivity index (χ3v) is 4.44. The van der Waals surface area contributed by atoms with Gasteiger partial charge in [-0.15, -0.1) is 0 Å². The Morgan fingerprint density at radius 1 is 1.06 bits per heavy atom. The molecular weight excluding hydrogens is 226 g/mol. The van der Waals surface area contributed by atoms with Crippen molar-refractivity contribution in [3.63, 3.8) is 0 Å². The van der Waals surface area contributed by atoms with Gasteiger partial charge in [0.05, 0.1) is 6.54 Å². The molecule has 2 fully saturated rings. The zero-order chi connectivity index (χ0) is 13.1. The van der Waals surface area contributed by atoms with Gasteiger partial charge in [0.25, 0.3) is 0 Å². The van der Waals surface area contributed by atoms with E-state index >= 15 is 0 Å². The first-order valence-electron chi connectivity index (χ1n) is 7.30. The molecule has 1 amide bonds. The molecule has 0 spiro atoms. The zero-order valence-electron chi connectivity index (χ0n) is 12.1. The van der Waals surface area contributed by atoms with E-state index in [2.05, 4.69) is 35.6 Å². The highest BCUT2D eigenvalue weighted by Crippen LogP contribution is 2.22. The third-order valence-electron chi connectivity index (χ3n) is 4.44. The summed E-state index contributed by atoms with van der Waals surface area (Å²) in [6.07, 6.45) is 3.60. The molecule has 2 rings (SSSR count). The zero-order valence-corrected chi connectivity index (χ0v) is 12.1. The predicted molar refractivity (Wildman–Crippen MR) is 73.6 cm³/mol. The monoisotopic (exact) mass is 253 g/mol. The van der Waals surface area contributed by atoms with E-state index in [0.717, 1.165) is 26.2 Å². The maximum Gasteiger partial charge on any atom is 0.237 e. The molecule has 0 saturated carbocycles. The van der Waals surface area contributed by atoms with Crippen LogP contribution in [0.2, 0.25) is 0 Å². The number of nitrogens with zero attached hydrogens (tertiary/aromatic N) is 3. The van der Waals surface area contributed by atoms with E-state index in [-0.39, 0.29) is 0 Å². The molecule has 2 aliphatic heterocycles. The highest BCUT2D eigenvalue weighted by molar-refractivity contribution is 5.79. The summed E-state index contributed by atoms with van der Waals surface area (Å²) in [4.78, 5) is 19.2. The van der Waals surface area contributed by atoms with Crippen LogP contribution >= 0.6 is 0 Å². The molecular formula is C14H27N3O. The average molecular weight is 253 g/mol. The van der Waals surface area contributed by atoms with Gasteiger partial charge in [-0.25, -0.2) is 0 Å². The smallest absolute Gasteiger partial charge is 0.237 e. The highest BCUT2D eigenvalue weighted by atomic mass is 16.2. The third kappa shape index (κ3) is 3.23. The van der Waals surface area contributed by atoms with Crippen LogP contribution in [0.25, 0.3) is 0 Å². The minimum absolute atomic E-state index is 0.333. The van der Waals surface area contributed by atoms with Crippen molar-refractivity contribution in [2.24, 2.45) is 0 Å². The Morgan fingerprint density at radius 3 is 2.17 bits per heavy atom. The minimum Gasteiger partial charge on any atom is -0.336 e. The van der Waals surface area contributed by atoms with Gasteiger partial charge < -0.3 is 9.80 Å². The molecule has 0 radical (unpaired) electrons. The molecule has 18 heavy (non-hydrogen) atoms. The molecule has 2 saturated heterocycles. The number of carbonyl (C=O) groups excluding carboxylic acids is 1. The van der Waals surface area contributed by atoms with E-state index in [9.17, 15) is 4.79 Å². The molecule has 2 heterocycles. The van der Waals surface area contributed by atoms with Crippen LogP contribution in [0.5, 0.6) is 0 Å². The number of amides is 1. The van der Waals surface area contributed by atoms with Gasteiger partial charge in [0, 0.05) is 38.3 Å². The molecule has 2 atom stereocenters. The number of likely N-dealkylation sites (N-methyl/N-ethyl adjacent to an activating group) is 1. The van der Waals surface area contributed by atoms with Gasteiger partial charge >= 0.3 is 0 Å². The first-order valence-corrected chi connectivity index (χ1v) is 7.30. The van der Waals surface area contributed by atoms with Crippen molar-refractivity contribution in [3.8, 4) is 0 Å². The van der Waals surface area contributed by atoms with Crippen LogP contribution < -0.4 is 0 Å². The second kappa shape index (κ2) is 6.02. The quantitative estimate of drug-likeness (QED) is 0.735. The van der Waals surface area contributed by atoms with Crippen molar-refractivity contribution in [2.45, 2.75) is 45.2 Å². The van der Waals surface area contributed by atoms with E-state index in [0.29, 0.717) is 24.5 Å². The maximum absolute atomic E-state index is 12.4. The van der Waals surface area contributed by atoms with Crippen LogP contribution in [0.4, 0.5) is 0 Å². The van der Waals surface area contributed by atoms with E-state index in [1.54, 1.807) is 0 Å². The van der Waals surface area contributed by atoms with Crippen molar-refractivity contribution in [2.75, 3.05) is 39.8 Å². The standard InChI is InChI=1S/C14H27N3O/c1-12-5-4-6-13(2)17(12)14(18)11-16-9-7-15(3)8-10-16/h12-13H,4-11H2,1-3H3. The summed E-state index contributed by atoms with van der Waals surface area (Å²) >= 11 is 0. The normalized spacial score (nSPS) is 31.6. The predicted octanol–water partition coefficient (Wildman–Crippen LogP) is 1.02. The summed E-state index contributed by atoms with van der Waals surface area (Å²) in [7, 11) is 2.15. The van der Waals surface area contributed by atoms with E-state index < -0.39 is 0 Å². The van der Waals surface area contributed by atoms with Gasteiger partial charge in [-0.05, 0) is 40.2 Å². The minimum atomic E-state index is 0.333. The second-order valence-corrected chi connectivity index (χ2v) is 6.01. The van der Waals surface area contributed by atoms with Gasteiger partial charge in [0.15, 0.2) is 0 Å². The van der Waals surface area contributed by atoms with Crippen LogP contribution in [-0.4, -0.2) is 72.5 Å². The lowest BCUT2D eigenvalue weighted by Crippen LogP contribution is -2.53. The number of rotatable bonds is 2. The largest absolute Gasteiger partial charge is 0.336 e. The van der Waals surface area contributed by atoms with Crippen LogP contribution in [-0.2, 0) is 4.79 Å². The van der Waals surface area contributed by atoms with Crippen LogP contribution in [0.3, 0.4) is 0 Å². The fraction of sp³-hybridized carbons (Fsp3) is 0.929. The molecule has 0 aromatic heterocycles. The summed E-state index contributed by atoms with van der Waals surface area (Å²) < 4.78 is 0. The molecule has 0 bridgehead atoms. The highest BCUT2D eigenvalue weighted by Gasteiger charge is 2.30. The van der Waals surface area contributed by atoms with Crippen molar-refractivity contribution < 1.29 is 4.79 Å². The maximum atomic E-state index is 12.4. The van der Waals surface area contributed by atoms with E-state index in [4.69, 9.17) is 0 Å². The SMILES string of the molecule is CC1CCCC(C)N1C(=O)CN1CCN(C)CC1. The van der Waals surface area contributed by atoms with Crippen LogP contribution in [0.15, 0.2) is 0 Å². The van der Waals surface area contributed by atoms with Crippen molar-refractivity contribution in [1.82, 2.24) is 14.7 Å². The van der Waals surface area contributed by atoms with E-state index in [1.807, 2.05) is 0 Å². The molecule has 4 heteroatoms. The number of piperazine rings is 1. The lowest BCUT2D eigenvalue weighted by molar-refractivity contribution is -0.138. The Hall–Kier alpha value is -0.610. The van der Waals surface area contributed by atoms with Gasteiger partial charge in [-0.3, -0.25) is 9.69 Å². The Bertz CT molecular complexity index is 277. The Kier molecular flexibility index (Phi) is 4.62. The Labute approximate surface area is 111 Å². The van der Waals surface area contributed by atoms with Gasteiger partial charge in [0.2, 0.25) is 5.91 Å². The number of likely N-dealkylation sites (tertiary alicyclic amines) is 1. The summed E-state index contributed by atoms with van der Waals surface area (Å²) in [6.45, 7) is 9.21. The van der Waals surface area contributed by atoms with Gasteiger partial charge in [-0.2, -0.15) is 0 Å². The molecule has 2 aliphatic rings. The first kappa shape index (κ1) is 13.8. The van der Waals surface area contributed by atoms with Crippen molar-refractivity contribution >= 4 is 5.91 Å². The van der Waals surface area contributed by atoms with Crippen molar-refractivity contribution in [3.05, 3.63) is 0 Å². The number of hydrogen-bond donors (Lipinski definition) is 0. The lowest BCUT2D eigenvalue weighted by Gasteiger charge is -2.41. The Morgan fingerprint density at radius 2 is 1.61 bits per heavy atom. The summed E-state index contributed by atoms with van der Waals surface area (Å²) in [5.41, 5.74) is 0. The average Bonchev–Trinajstić information content (AvgIpc) is 2.32. The summed E-state index contributed by atoms with van der Waals surface area (Å²) in [5.74, 6) is 0.333. The van der Waals surface area contributed by atoms with E-state index in [1.165, 1.54) is 19.3 Å². The molecule has 0 aromatic rings. The number of hydrogen-bond acceptors (Lipinski definition) is 3. The summed E-state index contributed by atoms with van der Waals surface area (Å²) in [6, 6.07) is 0.849. The Balaban J connectivity index is 1.86. The lowest BCUT2D eigenvalue weighted by atomic mass is 9.97. The molecule has 2 unspecified atom stereocenters. The van der Waals surface area contributed by atoms with Gasteiger partial charge in [0.1, 0.15) is 0 Å². The van der Waals surface area contributed by atoms with Crippen molar-refractivity contribution in [1.29, 1.82) is 0 Å². The molecule has 104 valence electrons. The fourth-order valence-corrected chi connectivity index (χ4v) is 3.19. The second-order valence-electron chi connectivity index (χ2n) is 6.01. The van der Waals surface area contributed by atoms with Crippen LogP contribution in [0.1, 0.15) is 33.1 Å². The van der Waals surface area contributed by atoms with Crippen LogP contribution in [0, 0.1) is 0 Å². The molecule has 0 aromatic carbocycles. The first-order chi connectivity index (χ1) is 8.58. The van der Waals surface area contributed by atoms with Gasteiger partial charge in [-0.1, -0.05) is 0 Å². The topological polar surface area (TPSA) is 26.8 Å². The fourth-order valence-electron chi connectivity index (χ4n) is 3.19. The molecule has 0 N–H and O–H groups in total. The molecule has 0 aliphatic carbocycles. The number of piperidine rings is 1.